The van der Waals surface area contributed by atoms with Crippen LogP contribution in [0, 0.1) is 11.6 Å². The van der Waals surface area contributed by atoms with Crippen molar-refractivity contribution in [1.82, 2.24) is 0 Å². The van der Waals surface area contributed by atoms with E-state index in [0.29, 0.717) is 11.5 Å². The maximum Gasteiger partial charge on any atom is 0.126 e. The molecule has 0 saturated heterocycles. The van der Waals surface area contributed by atoms with Crippen molar-refractivity contribution >= 4 is 0 Å². The molecule has 1 unspecified atom stereocenters. The van der Waals surface area contributed by atoms with Gasteiger partial charge in [0.15, 0.2) is 0 Å². The Bertz CT molecular complexity index is 541. The first-order valence-electron chi connectivity index (χ1n) is 6.29. The monoisotopic (exact) mass is 261 g/mol. The summed E-state index contributed by atoms with van der Waals surface area (Å²) in [6.45, 7) is 4.22. The molecule has 0 saturated carbocycles. The normalized spacial score (nSPS) is 12.7. The van der Waals surface area contributed by atoms with Gasteiger partial charge in [-0.05, 0) is 34.7 Å². The summed E-state index contributed by atoms with van der Waals surface area (Å²) in [7, 11) is 0. The molecule has 2 aromatic rings. The van der Waals surface area contributed by atoms with E-state index >= 15 is 0 Å². The van der Waals surface area contributed by atoms with E-state index in [2.05, 4.69) is 13.8 Å². The second-order valence-corrected chi connectivity index (χ2v) is 5.00. The van der Waals surface area contributed by atoms with Crippen LogP contribution in [0.25, 0.3) is 0 Å². The lowest BCUT2D eigenvalue weighted by atomic mass is 9.96. The SMILES string of the molecule is CC(C)c1ccc(C(N)c2cc(F)cc(F)c2)cc1. The number of halogens is 2. The largest absolute Gasteiger partial charge is 0.320 e. The second-order valence-electron chi connectivity index (χ2n) is 5.00. The molecule has 0 spiro atoms. The van der Waals surface area contributed by atoms with E-state index < -0.39 is 17.7 Å². The van der Waals surface area contributed by atoms with Gasteiger partial charge in [-0.15, -0.1) is 0 Å². The Morgan fingerprint density at radius 2 is 1.26 bits per heavy atom. The zero-order valence-corrected chi connectivity index (χ0v) is 11.0. The molecule has 0 aliphatic rings. The highest BCUT2D eigenvalue weighted by molar-refractivity contribution is 5.34. The number of hydrogen-bond acceptors (Lipinski definition) is 1. The zero-order valence-electron chi connectivity index (χ0n) is 11.0. The van der Waals surface area contributed by atoms with E-state index in [0.717, 1.165) is 11.6 Å². The van der Waals surface area contributed by atoms with Gasteiger partial charge in [0.1, 0.15) is 11.6 Å². The third kappa shape index (κ3) is 3.18. The summed E-state index contributed by atoms with van der Waals surface area (Å²) in [5.74, 6) is -0.773. The third-order valence-electron chi connectivity index (χ3n) is 3.21. The number of nitrogens with two attached hydrogens (primary N) is 1. The highest BCUT2D eigenvalue weighted by Crippen LogP contribution is 2.23. The fourth-order valence-corrected chi connectivity index (χ4v) is 2.04. The molecule has 19 heavy (non-hydrogen) atoms. The van der Waals surface area contributed by atoms with E-state index in [1.54, 1.807) is 0 Å². The van der Waals surface area contributed by atoms with Gasteiger partial charge >= 0.3 is 0 Å². The summed E-state index contributed by atoms with van der Waals surface area (Å²) in [4.78, 5) is 0. The molecule has 100 valence electrons. The summed E-state index contributed by atoms with van der Waals surface area (Å²) in [6.07, 6.45) is 0. The average Bonchev–Trinajstić information content (AvgIpc) is 2.37. The van der Waals surface area contributed by atoms with E-state index in [9.17, 15) is 8.78 Å². The summed E-state index contributed by atoms with van der Waals surface area (Å²) in [6, 6.07) is 10.7. The van der Waals surface area contributed by atoms with Gasteiger partial charge in [0.05, 0.1) is 6.04 Å². The van der Waals surface area contributed by atoms with Gasteiger partial charge in [0.25, 0.3) is 0 Å². The molecular formula is C16H17F2N. The van der Waals surface area contributed by atoms with Crippen molar-refractivity contribution < 1.29 is 8.78 Å². The first kappa shape index (κ1) is 13.7. The van der Waals surface area contributed by atoms with Crippen molar-refractivity contribution in [2.75, 3.05) is 0 Å². The molecular weight excluding hydrogens is 244 g/mol. The minimum Gasteiger partial charge on any atom is -0.320 e. The number of benzene rings is 2. The summed E-state index contributed by atoms with van der Waals surface area (Å²) in [5.41, 5.74) is 8.54. The van der Waals surface area contributed by atoms with Crippen LogP contribution < -0.4 is 5.73 Å². The van der Waals surface area contributed by atoms with Crippen LogP contribution in [-0.4, -0.2) is 0 Å². The topological polar surface area (TPSA) is 26.0 Å². The van der Waals surface area contributed by atoms with Gasteiger partial charge in [-0.1, -0.05) is 38.1 Å². The first-order valence-corrected chi connectivity index (χ1v) is 6.29. The standard InChI is InChI=1S/C16H17F2N/c1-10(2)11-3-5-12(6-4-11)16(19)13-7-14(17)9-15(18)8-13/h3-10,16H,19H2,1-2H3. The summed E-state index contributed by atoms with van der Waals surface area (Å²) < 4.78 is 26.4. The lowest BCUT2D eigenvalue weighted by molar-refractivity contribution is 0.577. The molecule has 2 rings (SSSR count). The van der Waals surface area contributed by atoms with Gasteiger partial charge in [0.2, 0.25) is 0 Å². The molecule has 0 aromatic heterocycles. The molecule has 0 fully saturated rings. The summed E-state index contributed by atoms with van der Waals surface area (Å²) in [5, 5.41) is 0. The molecule has 0 aliphatic carbocycles. The van der Waals surface area contributed by atoms with Gasteiger partial charge in [-0.3, -0.25) is 0 Å². The molecule has 0 heterocycles. The van der Waals surface area contributed by atoms with E-state index in [1.165, 1.54) is 17.7 Å². The van der Waals surface area contributed by atoms with Crippen LogP contribution in [0.1, 0.15) is 42.5 Å². The van der Waals surface area contributed by atoms with Crippen LogP contribution in [0.3, 0.4) is 0 Å². The Morgan fingerprint density at radius 1 is 0.789 bits per heavy atom. The van der Waals surface area contributed by atoms with Crippen molar-refractivity contribution in [3.63, 3.8) is 0 Å². The predicted molar refractivity (Wildman–Crippen MR) is 72.9 cm³/mol. The van der Waals surface area contributed by atoms with E-state index in [-0.39, 0.29) is 0 Å². The molecule has 0 radical (unpaired) electrons. The highest BCUT2D eigenvalue weighted by atomic mass is 19.1. The highest BCUT2D eigenvalue weighted by Gasteiger charge is 2.11. The molecule has 2 aromatic carbocycles. The second kappa shape index (κ2) is 5.49. The maximum absolute atomic E-state index is 13.2. The van der Waals surface area contributed by atoms with Crippen molar-refractivity contribution in [3.05, 3.63) is 70.8 Å². The van der Waals surface area contributed by atoms with E-state index in [4.69, 9.17) is 5.73 Å². The Labute approximate surface area is 112 Å². The van der Waals surface area contributed by atoms with Crippen molar-refractivity contribution in [2.24, 2.45) is 5.73 Å². The fraction of sp³-hybridized carbons (Fsp3) is 0.250. The van der Waals surface area contributed by atoms with E-state index in [1.807, 2.05) is 24.3 Å². The molecule has 1 atom stereocenters. The maximum atomic E-state index is 13.2. The fourth-order valence-electron chi connectivity index (χ4n) is 2.04. The number of hydrogen-bond donors (Lipinski definition) is 1. The molecule has 0 bridgehead atoms. The quantitative estimate of drug-likeness (QED) is 0.883. The van der Waals surface area contributed by atoms with Crippen LogP contribution in [0.4, 0.5) is 8.78 Å². The zero-order chi connectivity index (χ0) is 14.0. The Balaban J connectivity index is 2.30. The Kier molecular flexibility index (Phi) is 3.96. The summed E-state index contributed by atoms with van der Waals surface area (Å²) >= 11 is 0. The molecule has 0 aliphatic heterocycles. The molecule has 3 heteroatoms. The van der Waals surface area contributed by atoms with Crippen LogP contribution in [0.5, 0.6) is 0 Å². The predicted octanol–water partition coefficient (Wildman–Crippen LogP) is 4.14. The van der Waals surface area contributed by atoms with Crippen molar-refractivity contribution in [2.45, 2.75) is 25.8 Å². The van der Waals surface area contributed by atoms with Gasteiger partial charge in [-0.25, -0.2) is 8.78 Å². The van der Waals surface area contributed by atoms with Gasteiger partial charge in [-0.2, -0.15) is 0 Å². The lowest BCUT2D eigenvalue weighted by Crippen LogP contribution is -2.12. The first-order chi connectivity index (χ1) is 8.97. The Hall–Kier alpha value is -1.74. The Morgan fingerprint density at radius 3 is 1.74 bits per heavy atom. The van der Waals surface area contributed by atoms with Crippen molar-refractivity contribution in [3.8, 4) is 0 Å². The third-order valence-corrected chi connectivity index (χ3v) is 3.21. The van der Waals surface area contributed by atoms with Crippen molar-refractivity contribution in [1.29, 1.82) is 0 Å². The minimum absolute atomic E-state index is 0.440. The van der Waals surface area contributed by atoms with Crippen LogP contribution in [-0.2, 0) is 0 Å². The average molecular weight is 261 g/mol. The van der Waals surface area contributed by atoms with Gasteiger partial charge < -0.3 is 5.73 Å². The van der Waals surface area contributed by atoms with Gasteiger partial charge in [0, 0.05) is 6.07 Å². The van der Waals surface area contributed by atoms with Crippen LogP contribution in [0.15, 0.2) is 42.5 Å². The molecule has 2 N–H and O–H groups in total. The lowest BCUT2D eigenvalue weighted by Gasteiger charge is -2.14. The van der Waals surface area contributed by atoms with Crippen LogP contribution in [0.2, 0.25) is 0 Å². The number of rotatable bonds is 3. The molecule has 1 nitrogen and oxygen atoms in total. The molecule has 0 amide bonds. The smallest absolute Gasteiger partial charge is 0.126 e. The minimum atomic E-state index is -0.607. The van der Waals surface area contributed by atoms with Crippen LogP contribution >= 0.6 is 0 Å².